The van der Waals surface area contributed by atoms with Crippen LogP contribution in [0, 0.1) is 0 Å². The third-order valence-electron chi connectivity index (χ3n) is 5.37. The van der Waals surface area contributed by atoms with Crippen LogP contribution in [0.3, 0.4) is 0 Å². The van der Waals surface area contributed by atoms with Crippen LogP contribution in [0.4, 0.5) is 0 Å². The van der Waals surface area contributed by atoms with Crippen LogP contribution in [0.25, 0.3) is 10.8 Å². The number of halogens is 1. The van der Waals surface area contributed by atoms with Gasteiger partial charge in [0.2, 0.25) is 6.79 Å². The summed E-state index contributed by atoms with van der Waals surface area (Å²) in [6.45, 7) is 2.18. The fourth-order valence-corrected chi connectivity index (χ4v) is 3.88. The van der Waals surface area contributed by atoms with E-state index >= 15 is 0 Å². The predicted octanol–water partition coefficient (Wildman–Crippen LogP) is 6.09. The number of fused-ring (bicyclic) bond motifs is 2. The zero-order chi connectivity index (χ0) is 21.0. The average molecular weight is 432 g/mol. The van der Waals surface area contributed by atoms with Gasteiger partial charge in [0.25, 0.3) is 0 Å². The molecule has 0 aromatic heterocycles. The number of rotatable bonds is 7. The Balaban J connectivity index is 1.34. The Kier molecular flexibility index (Phi) is 5.65. The van der Waals surface area contributed by atoms with Crippen molar-refractivity contribution in [1.29, 1.82) is 0 Å². The predicted molar refractivity (Wildman–Crippen MR) is 123 cm³/mol. The standard InChI is InChI=1S/C26H22ClNO3/c27-21-9-5-18(6-10-21)16-29-24-12-8-20-3-1-2-4-22(20)23(24)15-28-14-19-7-11-25-26(13-19)31-17-30-25/h1-13,28H,14-17H2. The quantitative estimate of drug-likeness (QED) is 0.384. The van der Waals surface area contributed by atoms with Crippen LogP contribution in [0.1, 0.15) is 16.7 Å². The summed E-state index contributed by atoms with van der Waals surface area (Å²) in [6.07, 6.45) is 0. The molecule has 1 heterocycles. The van der Waals surface area contributed by atoms with Gasteiger partial charge in [0.05, 0.1) is 0 Å². The minimum absolute atomic E-state index is 0.288. The van der Waals surface area contributed by atoms with Crippen molar-refractivity contribution >= 4 is 22.4 Å². The molecule has 1 aliphatic heterocycles. The van der Waals surface area contributed by atoms with Gasteiger partial charge in [-0.15, -0.1) is 0 Å². The van der Waals surface area contributed by atoms with Gasteiger partial charge in [-0.2, -0.15) is 0 Å². The lowest BCUT2D eigenvalue weighted by Gasteiger charge is -2.15. The SMILES string of the molecule is Clc1ccc(COc2ccc3ccccc3c2CNCc2ccc3c(c2)OCO3)cc1. The molecule has 0 fully saturated rings. The maximum atomic E-state index is 6.21. The fraction of sp³-hybridized carbons (Fsp3) is 0.154. The van der Waals surface area contributed by atoms with Crippen molar-refractivity contribution in [1.82, 2.24) is 5.32 Å². The third-order valence-corrected chi connectivity index (χ3v) is 5.63. The van der Waals surface area contributed by atoms with E-state index in [1.807, 2.05) is 36.4 Å². The first-order valence-corrected chi connectivity index (χ1v) is 10.6. The van der Waals surface area contributed by atoms with Crippen molar-refractivity contribution in [3.05, 3.63) is 101 Å². The molecule has 0 bridgehead atoms. The molecule has 0 saturated heterocycles. The molecule has 0 spiro atoms. The van der Waals surface area contributed by atoms with Gasteiger partial charge in [0, 0.05) is 23.7 Å². The van der Waals surface area contributed by atoms with Crippen molar-refractivity contribution < 1.29 is 14.2 Å². The molecule has 5 heteroatoms. The number of hydrogen-bond donors (Lipinski definition) is 1. The molecule has 1 aliphatic rings. The molecule has 0 aliphatic carbocycles. The van der Waals surface area contributed by atoms with E-state index in [1.54, 1.807) is 0 Å². The van der Waals surface area contributed by atoms with E-state index in [1.165, 1.54) is 10.8 Å². The van der Waals surface area contributed by atoms with Gasteiger partial charge in [-0.3, -0.25) is 0 Å². The monoisotopic (exact) mass is 431 g/mol. The largest absolute Gasteiger partial charge is 0.489 e. The highest BCUT2D eigenvalue weighted by atomic mass is 35.5. The summed E-state index contributed by atoms with van der Waals surface area (Å²) in [4.78, 5) is 0. The summed E-state index contributed by atoms with van der Waals surface area (Å²) < 4.78 is 17.1. The molecular weight excluding hydrogens is 410 g/mol. The topological polar surface area (TPSA) is 39.7 Å². The Bertz CT molecular complexity index is 1210. The number of hydrogen-bond acceptors (Lipinski definition) is 4. The van der Waals surface area contributed by atoms with Crippen LogP contribution < -0.4 is 19.5 Å². The Morgan fingerprint density at radius 3 is 2.52 bits per heavy atom. The summed E-state index contributed by atoms with van der Waals surface area (Å²) >= 11 is 5.99. The van der Waals surface area contributed by atoms with Gasteiger partial charge in [-0.05, 0) is 52.2 Å². The van der Waals surface area contributed by atoms with Crippen molar-refractivity contribution in [2.45, 2.75) is 19.7 Å². The lowest BCUT2D eigenvalue weighted by molar-refractivity contribution is 0.174. The third kappa shape index (κ3) is 4.46. The number of nitrogens with one attached hydrogen (secondary N) is 1. The summed E-state index contributed by atoms with van der Waals surface area (Å²) in [5.74, 6) is 2.49. The van der Waals surface area contributed by atoms with E-state index < -0.39 is 0 Å². The molecule has 4 aromatic rings. The molecule has 156 valence electrons. The van der Waals surface area contributed by atoms with Crippen molar-refractivity contribution in [3.8, 4) is 17.2 Å². The van der Waals surface area contributed by atoms with E-state index in [0.717, 1.165) is 45.5 Å². The average Bonchev–Trinajstić information content (AvgIpc) is 3.27. The molecule has 0 saturated carbocycles. The van der Waals surface area contributed by atoms with Crippen LogP contribution in [0.2, 0.25) is 5.02 Å². The second-order valence-corrected chi connectivity index (χ2v) is 7.91. The molecular formula is C26H22ClNO3. The Morgan fingerprint density at radius 1 is 0.806 bits per heavy atom. The summed E-state index contributed by atoms with van der Waals surface area (Å²) in [6, 6.07) is 26.3. The second kappa shape index (κ2) is 8.88. The van der Waals surface area contributed by atoms with Gasteiger partial charge in [-0.1, -0.05) is 60.1 Å². The van der Waals surface area contributed by atoms with Gasteiger partial charge in [-0.25, -0.2) is 0 Å². The maximum Gasteiger partial charge on any atom is 0.231 e. The smallest absolute Gasteiger partial charge is 0.231 e. The summed E-state index contributed by atoms with van der Waals surface area (Å²) in [7, 11) is 0. The highest BCUT2D eigenvalue weighted by molar-refractivity contribution is 6.30. The van der Waals surface area contributed by atoms with E-state index in [9.17, 15) is 0 Å². The summed E-state index contributed by atoms with van der Waals surface area (Å²) in [5.41, 5.74) is 3.37. The first-order chi connectivity index (χ1) is 15.3. The Labute approximate surface area is 186 Å². The molecule has 0 amide bonds. The molecule has 4 aromatic carbocycles. The van der Waals surface area contributed by atoms with Crippen molar-refractivity contribution in [2.75, 3.05) is 6.79 Å². The van der Waals surface area contributed by atoms with Crippen LogP contribution in [0.15, 0.2) is 78.9 Å². The fourth-order valence-electron chi connectivity index (χ4n) is 3.76. The first-order valence-electron chi connectivity index (χ1n) is 10.2. The van der Waals surface area contributed by atoms with E-state index in [2.05, 4.69) is 47.8 Å². The number of benzene rings is 4. The molecule has 31 heavy (non-hydrogen) atoms. The molecule has 4 nitrogen and oxygen atoms in total. The first kappa shape index (κ1) is 19.7. The van der Waals surface area contributed by atoms with E-state index in [4.69, 9.17) is 25.8 Å². The summed E-state index contributed by atoms with van der Waals surface area (Å²) in [5, 5.41) is 6.66. The van der Waals surface area contributed by atoms with E-state index in [0.29, 0.717) is 13.2 Å². The molecule has 0 atom stereocenters. The van der Waals surface area contributed by atoms with Gasteiger partial charge >= 0.3 is 0 Å². The van der Waals surface area contributed by atoms with Crippen LogP contribution >= 0.6 is 11.6 Å². The highest BCUT2D eigenvalue weighted by Crippen LogP contribution is 2.33. The number of ether oxygens (including phenoxy) is 3. The zero-order valence-corrected chi connectivity index (χ0v) is 17.7. The van der Waals surface area contributed by atoms with Gasteiger partial charge in [0.1, 0.15) is 12.4 Å². The van der Waals surface area contributed by atoms with Crippen LogP contribution in [-0.4, -0.2) is 6.79 Å². The van der Waals surface area contributed by atoms with Crippen molar-refractivity contribution in [3.63, 3.8) is 0 Å². The van der Waals surface area contributed by atoms with E-state index in [-0.39, 0.29) is 6.79 Å². The lowest BCUT2D eigenvalue weighted by atomic mass is 10.0. The minimum Gasteiger partial charge on any atom is -0.489 e. The van der Waals surface area contributed by atoms with Crippen LogP contribution in [0.5, 0.6) is 17.2 Å². The van der Waals surface area contributed by atoms with Crippen LogP contribution in [-0.2, 0) is 19.7 Å². The van der Waals surface area contributed by atoms with Gasteiger partial charge in [0.15, 0.2) is 11.5 Å². The lowest BCUT2D eigenvalue weighted by Crippen LogP contribution is -2.14. The van der Waals surface area contributed by atoms with Gasteiger partial charge < -0.3 is 19.5 Å². The Hall–Kier alpha value is -3.21. The zero-order valence-electron chi connectivity index (χ0n) is 16.9. The van der Waals surface area contributed by atoms with Crippen molar-refractivity contribution in [2.24, 2.45) is 0 Å². The minimum atomic E-state index is 0.288. The molecule has 5 rings (SSSR count). The molecule has 0 unspecified atom stereocenters. The Morgan fingerprint density at radius 2 is 1.61 bits per heavy atom. The molecule has 1 N–H and O–H groups in total. The second-order valence-electron chi connectivity index (χ2n) is 7.47. The molecule has 0 radical (unpaired) electrons. The normalized spacial score (nSPS) is 12.3. The highest BCUT2D eigenvalue weighted by Gasteiger charge is 2.14. The maximum absolute atomic E-state index is 6.21.